The number of imidazole rings is 1. The Labute approximate surface area is 138 Å². The number of H-pyrrole nitrogens is 2. The van der Waals surface area contributed by atoms with Crippen LogP contribution in [0, 0.1) is 6.92 Å². The molecule has 1 aromatic carbocycles. The van der Waals surface area contributed by atoms with Crippen molar-refractivity contribution in [3.8, 4) is 22.6 Å². The van der Waals surface area contributed by atoms with Crippen molar-refractivity contribution in [1.29, 1.82) is 0 Å². The third-order valence-electron chi connectivity index (χ3n) is 4.12. The van der Waals surface area contributed by atoms with Gasteiger partial charge in [-0.1, -0.05) is 30.3 Å². The molecule has 0 fully saturated rings. The Morgan fingerprint density at radius 2 is 1.88 bits per heavy atom. The van der Waals surface area contributed by atoms with Gasteiger partial charge in [-0.3, -0.25) is 9.78 Å². The lowest BCUT2D eigenvalue weighted by molar-refractivity contribution is 0.101. The minimum Gasteiger partial charge on any atom is -0.355 e. The highest BCUT2D eigenvalue weighted by molar-refractivity contribution is 6.05. The van der Waals surface area contributed by atoms with Crippen molar-refractivity contribution in [2.24, 2.45) is 0 Å². The molecule has 2 N–H and O–H groups in total. The van der Waals surface area contributed by atoms with Crippen LogP contribution in [0.5, 0.6) is 0 Å². The number of nitrogens with one attached hydrogen (secondary N) is 2. The second-order valence-electron chi connectivity index (χ2n) is 5.78. The molecule has 4 rings (SSSR count). The molecule has 3 aromatic heterocycles. The molecule has 24 heavy (non-hydrogen) atoms. The Bertz CT molecular complexity index is 1010. The van der Waals surface area contributed by atoms with E-state index in [1.165, 1.54) is 0 Å². The third kappa shape index (κ3) is 2.22. The molecular weight excluding hydrogens is 300 g/mol. The molecule has 118 valence electrons. The van der Waals surface area contributed by atoms with Crippen molar-refractivity contribution < 1.29 is 4.79 Å². The zero-order valence-corrected chi connectivity index (χ0v) is 13.4. The third-order valence-corrected chi connectivity index (χ3v) is 4.12. The van der Waals surface area contributed by atoms with Crippen LogP contribution >= 0.6 is 0 Å². The van der Waals surface area contributed by atoms with Gasteiger partial charge in [0, 0.05) is 23.0 Å². The van der Waals surface area contributed by atoms with E-state index in [0.29, 0.717) is 11.4 Å². The number of fused-ring (bicyclic) bond motifs is 1. The van der Waals surface area contributed by atoms with Gasteiger partial charge in [-0.05, 0) is 25.5 Å². The lowest BCUT2D eigenvalue weighted by atomic mass is 9.98. The highest BCUT2D eigenvalue weighted by Crippen LogP contribution is 2.36. The number of nitrogens with zero attached hydrogens (tertiary/aromatic N) is 2. The van der Waals surface area contributed by atoms with Crippen molar-refractivity contribution >= 4 is 16.8 Å². The van der Waals surface area contributed by atoms with Gasteiger partial charge in [0.1, 0.15) is 0 Å². The number of benzene rings is 1. The van der Waals surface area contributed by atoms with E-state index in [9.17, 15) is 4.79 Å². The number of Topliss-reactive ketones (excluding diaryl/α,β-unsaturated/α-hetero) is 1. The van der Waals surface area contributed by atoms with Crippen molar-refractivity contribution in [2.75, 3.05) is 0 Å². The second kappa shape index (κ2) is 5.45. The summed E-state index contributed by atoms with van der Waals surface area (Å²) in [6.07, 6.45) is 3.46. The average Bonchev–Trinajstić information content (AvgIpc) is 3.16. The number of carbonyl (C=O) groups is 1. The van der Waals surface area contributed by atoms with Crippen molar-refractivity contribution in [2.45, 2.75) is 13.8 Å². The summed E-state index contributed by atoms with van der Waals surface area (Å²) >= 11 is 0. The predicted octanol–water partition coefficient (Wildman–Crippen LogP) is 4.13. The van der Waals surface area contributed by atoms with Gasteiger partial charge in [-0.25, -0.2) is 4.98 Å². The molecule has 0 amide bonds. The van der Waals surface area contributed by atoms with E-state index in [1.54, 1.807) is 19.3 Å². The van der Waals surface area contributed by atoms with Crippen LogP contribution < -0.4 is 0 Å². The quantitative estimate of drug-likeness (QED) is 0.558. The highest BCUT2D eigenvalue weighted by Gasteiger charge is 2.22. The predicted molar refractivity (Wildman–Crippen MR) is 93.9 cm³/mol. The molecule has 0 aliphatic heterocycles. The topological polar surface area (TPSA) is 74.4 Å². The Morgan fingerprint density at radius 3 is 2.58 bits per heavy atom. The van der Waals surface area contributed by atoms with Crippen LogP contribution in [0.3, 0.4) is 0 Å². The van der Waals surface area contributed by atoms with Crippen LogP contribution in [0.1, 0.15) is 23.0 Å². The average molecular weight is 316 g/mol. The Balaban J connectivity index is 2.02. The molecule has 5 nitrogen and oxygen atoms in total. The molecule has 4 aromatic rings. The molecule has 0 aliphatic rings. The lowest BCUT2D eigenvalue weighted by Gasteiger charge is -2.05. The first kappa shape index (κ1) is 14.4. The lowest BCUT2D eigenvalue weighted by Crippen LogP contribution is -1.95. The van der Waals surface area contributed by atoms with E-state index in [2.05, 4.69) is 19.9 Å². The molecule has 0 bridgehead atoms. The fourth-order valence-corrected chi connectivity index (χ4v) is 3.11. The van der Waals surface area contributed by atoms with Gasteiger partial charge in [0.15, 0.2) is 11.6 Å². The highest BCUT2D eigenvalue weighted by atomic mass is 16.1. The van der Waals surface area contributed by atoms with Gasteiger partial charge in [0.2, 0.25) is 0 Å². The number of aromatic nitrogens is 4. The van der Waals surface area contributed by atoms with Crippen LogP contribution in [-0.2, 0) is 0 Å². The summed E-state index contributed by atoms with van der Waals surface area (Å²) in [5.74, 6) is 0.735. The van der Waals surface area contributed by atoms with E-state index in [4.69, 9.17) is 0 Å². The van der Waals surface area contributed by atoms with Crippen molar-refractivity contribution in [1.82, 2.24) is 19.9 Å². The zero-order chi connectivity index (χ0) is 16.7. The van der Waals surface area contributed by atoms with E-state index in [0.717, 1.165) is 33.5 Å². The standard InChI is InChI=1S/C19H16N4O/c1-11-16(12(2)24)17(13-6-4-3-5-7-13)18(21-11)19-22-14-8-9-20-10-15(14)23-19/h3-10,21H,1-2H3,(H,22,23). The van der Waals surface area contributed by atoms with E-state index in [1.807, 2.05) is 43.3 Å². The minimum atomic E-state index is 0.0339. The first-order valence-electron chi connectivity index (χ1n) is 7.74. The van der Waals surface area contributed by atoms with Gasteiger partial charge >= 0.3 is 0 Å². The largest absolute Gasteiger partial charge is 0.355 e. The maximum atomic E-state index is 12.2. The van der Waals surface area contributed by atoms with E-state index >= 15 is 0 Å². The molecule has 0 spiro atoms. The smallest absolute Gasteiger partial charge is 0.162 e. The van der Waals surface area contributed by atoms with Crippen LogP contribution in [0.2, 0.25) is 0 Å². The number of ketones is 1. The fourth-order valence-electron chi connectivity index (χ4n) is 3.11. The molecule has 0 saturated heterocycles. The molecule has 0 aliphatic carbocycles. The molecular formula is C19H16N4O. The number of pyridine rings is 1. The summed E-state index contributed by atoms with van der Waals surface area (Å²) in [6.45, 7) is 3.51. The van der Waals surface area contributed by atoms with Crippen molar-refractivity contribution in [3.05, 3.63) is 60.0 Å². The van der Waals surface area contributed by atoms with Gasteiger partial charge in [0.25, 0.3) is 0 Å². The maximum absolute atomic E-state index is 12.2. The first-order valence-corrected chi connectivity index (χ1v) is 7.74. The maximum Gasteiger partial charge on any atom is 0.162 e. The van der Waals surface area contributed by atoms with Crippen LogP contribution in [-0.4, -0.2) is 25.7 Å². The Kier molecular flexibility index (Phi) is 3.27. The van der Waals surface area contributed by atoms with E-state index < -0.39 is 0 Å². The summed E-state index contributed by atoms with van der Waals surface area (Å²) in [6, 6.07) is 11.8. The van der Waals surface area contributed by atoms with E-state index in [-0.39, 0.29) is 5.78 Å². The molecule has 3 heterocycles. The number of hydrogen-bond donors (Lipinski definition) is 2. The normalized spacial score (nSPS) is 11.1. The summed E-state index contributed by atoms with van der Waals surface area (Å²) in [5, 5.41) is 0. The van der Waals surface area contributed by atoms with Gasteiger partial charge in [-0.2, -0.15) is 0 Å². The zero-order valence-electron chi connectivity index (χ0n) is 13.4. The summed E-state index contributed by atoms with van der Waals surface area (Å²) in [4.78, 5) is 27.6. The van der Waals surface area contributed by atoms with Gasteiger partial charge in [-0.15, -0.1) is 0 Å². The number of hydrogen-bond acceptors (Lipinski definition) is 3. The molecule has 0 saturated carbocycles. The summed E-state index contributed by atoms with van der Waals surface area (Å²) in [7, 11) is 0. The van der Waals surface area contributed by atoms with Crippen LogP contribution in [0.4, 0.5) is 0 Å². The molecule has 0 radical (unpaired) electrons. The number of aryl methyl sites for hydroxylation is 1. The molecule has 0 atom stereocenters. The van der Waals surface area contributed by atoms with Crippen molar-refractivity contribution in [3.63, 3.8) is 0 Å². The Hall–Kier alpha value is -3.21. The first-order chi connectivity index (χ1) is 11.6. The fraction of sp³-hybridized carbons (Fsp3) is 0.105. The molecule has 0 unspecified atom stereocenters. The summed E-state index contributed by atoms with van der Waals surface area (Å²) < 4.78 is 0. The number of aromatic amines is 2. The van der Waals surface area contributed by atoms with Crippen LogP contribution in [0.25, 0.3) is 33.7 Å². The Morgan fingerprint density at radius 1 is 1.08 bits per heavy atom. The molecule has 5 heteroatoms. The monoisotopic (exact) mass is 316 g/mol. The SMILES string of the molecule is CC(=O)c1c(C)[nH]c(-c2nc3ccncc3[nH]2)c1-c1ccccc1. The number of rotatable bonds is 3. The minimum absolute atomic E-state index is 0.0339. The second-order valence-corrected chi connectivity index (χ2v) is 5.78. The summed E-state index contributed by atoms with van der Waals surface area (Å²) in [5.41, 5.74) is 5.94. The van der Waals surface area contributed by atoms with Gasteiger partial charge < -0.3 is 9.97 Å². The van der Waals surface area contributed by atoms with Gasteiger partial charge in [0.05, 0.1) is 22.9 Å². The number of carbonyl (C=O) groups excluding carboxylic acids is 1. The van der Waals surface area contributed by atoms with Crippen LogP contribution in [0.15, 0.2) is 48.8 Å².